The van der Waals surface area contributed by atoms with Crippen LogP contribution in [0.5, 0.6) is 0 Å². The maximum absolute atomic E-state index is 13.4. The van der Waals surface area contributed by atoms with E-state index in [-0.39, 0.29) is 11.2 Å². The lowest BCUT2D eigenvalue weighted by atomic mass is 9.84. The van der Waals surface area contributed by atoms with Gasteiger partial charge in [0, 0.05) is 18.8 Å². The quantitative estimate of drug-likeness (QED) is 0.742. The molecule has 2 rings (SSSR count). The van der Waals surface area contributed by atoms with Gasteiger partial charge in [-0.2, -0.15) is 5.26 Å². The van der Waals surface area contributed by atoms with Crippen LogP contribution in [0.1, 0.15) is 32.3 Å². The Morgan fingerprint density at radius 3 is 2.76 bits per heavy atom. The monoisotopic (exact) mass is 232 g/mol. The first-order valence-corrected chi connectivity index (χ1v) is 5.96. The Bertz CT molecular complexity index is 460. The first-order valence-electron chi connectivity index (χ1n) is 5.96. The molecule has 90 valence electrons. The Labute approximate surface area is 102 Å². The minimum Gasteiger partial charge on any atom is -0.371 e. The molecule has 17 heavy (non-hydrogen) atoms. The smallest absolute Gasteiger partial charge is 0.126 e. The van der Waals surface area contributed by atoms with Crippen molar-refractivity contribution >= 4 is 5.69 Å². The van der Waals surface area contributed by atoms with Crippen molar-refractivity contribution in [2.75, 3.05) is 18.0 Å². The molecule has 1 saturated heterocycles. The number of benzene rings is 1. The number of rotatable bonds is 1. The summed E-state index contributed by atoms with van der Waals surface area (Å²) in [5.41, 5.74) is 1.48. The summed E-state index contributed by atoms with van der Waals surface area (Å²) in [7, 11) is 0. The normalized spacial score (nSPS) is 18.8. The summed E-state index contributed by atoms with van der Waals surface area (Å²) in [6.45, 7) is 6.31. The molecule has 0 radical (unpaired) electrons. The molecule has 1 aromatic carbocycles. The van der Waals surface area contributed by atoms with Gasteiger partial charge in [0.15, 0.2) is 0 Å². The van der Waals surface area contributed by atoms with E-state index in [4.69, 9.17) is 5.26 Å². The predicted molar refractivity (Wildman–Crippen MR) is 66.3 cm³/mol. The van der Waals surface area contributed by atoms with Crippen LogP contribution in [0.25, 0.3) is 0 Å². The van der Waals surface area contributed by atoms with E-state index in [1.165, 1.54) is 18.6 Å². The summed E-state index contributed by atoms with van der Waals surface area (Å²) in [5, 5.41) is 8.85. The van der Waals surface area contributed by atoms with Crippen LogP contribution in [0, 0.1) is 22.6 Å². The molecular weight excluding hydrogens is 215 g/mol. The summed E-state index contributed by atoms with van der Waals surface area (Å²) < 4.78 is 13.4. The average molecular weight is 232 g/mol. The second-order valence-corrected chi connectivity index (χ2v) is 5.50. The third-order valence-electron chi connectivity index (χ3n) is 3.28. The highest BCUT2D eigenvalue weighted by Gasteiger charge is 2.26. The minimum absolute atomic E-state index is 0.261. The molecule has 1 aliphatic rings. The number of hydrogen-bond acceptors (Lipinski definition) is 2. The predicted octanol–water partition coefficient (Wildman–Crippen LogP) is 3.32. The molecule has 1 heterocycles. The fourth-order valence-electron chi connectivity index (χ4n) is 2.46. The Kier molecular flexibility index (Phi) is 3.06. The second kappa shape index (κ2) is 4.37. The first kappa shape index (κ1) is 11.9. The molecule has 1 fully saturated rings. The summed E-state index contributed by atoms with van der Waals surface area (Å²) in [4.78, 5) is 2.17. The van der Waals surface area contributed by atoms with Crippen molar-refractivity contribution in [1.29, 1.82) is 5.26 Å². The van der Waals surface area contributed by atoms with E-state index in [1.807, 2.05) is 6.07 Å². The molecule has 0 saturated carbocycles. The number of piperidine rings is 1. The van der Waals surface area contributed by atoms with Crippen LogP contribution in [-0.2, 0) is 0 Å². The zero-order valence-corrected chi connectivity index (χ0v) is 10.3. The Morgan fingerprint density at radius 2 is 2.12 bits per heavy atom. The Morgan fingerprint density at radius 1 is 1.35 bits per heavy atom. The van der Waals surface area contributed by atoms with E-state index in [9.17, 15) is 4.39 Å². The highest BCUT2D eigenvalue weighted by atomic mass is 19.1. The highest BCUT2D eigenvalue weighted by molar-refractivity contribution is 5.52. The number of hydrogen-bond donors (Lipinski definition) is 0. The Balaban J connectivity index is 2.28. The summed E-state index contributed by atoms with van der Waals surface area (Å²) in [6, 6.07) is 6.56. The van der Waals surface area contributed by atoms with Gasteiger partial charge in [0.25, 0.3) is 0 Å². The molecule has 2 nitrogen and oxygen atoms in total. The van der Waals surface area contributed by atoms with Crippen LogP contribution in [0.3, 0.4) is 0 Å². The van der Waals surface area contributed by atoms with Crippen LogP contribution in [0.2, 0.25) is 0 Å². The Hall–Kier alpha value is -1.56. The van der Waals surface area contributed by atoms with Crippen molar-refractivity contribution in [3.63, 3.8) is 0 Å². The maximum atomic E-state index is 13.4. The average Bonchev–Trinajstić information content (AvgIpc) is 2.27. The summed E-state index contributed by atoms with van der Waals surface area (Å²) >= 11 is 0. The lowest BCUT2D eigenvalue weighted by Gasteiger charge is -2.39. The maximum Gasteiger partial charge on any atom is 0.126 e. The minimum atomic E-state index is -0.331. The zero-order valence-electron chi connectivity index (χ0n) is 10.3. The molecule has 0 amide bonds. The zero-order chi connectivity index (χ0) is 12.5. The van der Waals surface area contributed by atoms with Gasteiger partial charge in [0.2, 0.25) is 0 Å². The third-order valence-corrected chi connectivity index (χ3v) is 3.28. The molecule has 1 aromatic rings. The van der Waals surface area contributed by atoms with Gasteiger partial charge in [-0.25, -0.2) is 4.39 Å². The van der Waals surface area contributed by atoms with Crippen LogP contribution in [0.15, 0.2) is 18.2 Å². The lowest BCUT2D eigenvalue weighted by molar-refractivity contribution is 0.293. The first-order chi connectivity index (χ1) is 8.00. The standard InChI is InChI=1S/C14H17FN2/c1-14(2)4-3-5-17(10-14)13-7-11(9-16)6-12(15)8-13/h6-8H,3-5,10H2,1-2H3. The van der Waals surface area contributed by atoms with Crippen LogP contribution < -0.4 is 4.90 Å². The van der Waals surface area contributed by atoms with Gasteiger partial charge in [0.1, 0.15) is 5.82 Å². The largest absolute Gasteiger partial charge is 0.371 e. The van der Waals surface area contributed by atoms with Gasteiger partial charge in [-0.3, -0.25) is 0 Å². The fourth-order valence-corrected chi connectivity index (χ4v) is 2.46. The molecular formula is C14H17FN2. The van der Waals surface area contributed by atoms with E-state index in [1.54, 1.807) is 6.07 Å². The number of nitrogens with zero attached hydrogens (tertiary/aromatic N) is 2. The number of nitriles is 1. The molecule has 0 aliphatic carbocycles. The van der Waals surface area contributed by atoms with Crippen molar-refractivity contribution in [2.45, 2.75) is 26.7 Å². The van der Waals surface area contributed by atoms with Crippen molar-refractivity contribution in [1.82, 2.24) is 0 Å². The molecule has 3 heteroatoms. The molecule has 0 bridgehead atoms. The van der Waals surface area contributed by atoms with Crippen molar-refractivity contribution in [2.24, 2.45) is 5.41 Å². The molecule has 0 atom stereocenters. The van der Waals surface area contributed by atoms with Gasteiger partial charge < -0.3 is 4.90 Å². The molecule has 0 N–H and O–H groups in total. The number of anilines is 1. The molecule has 1 aliphatic heterocycles. The highest BCUT2D eigenvalue weighted by Crippen LogP contribution is 2.32. The molecule has 0 spiro atoms. The van der Waals surface area contributed by atoms with Crippen LogP contribution >= 0.6 is 0 Å². The summed E-state index contributed by atoms with van der Waals surface area (Å²) in [5.74, 6) is -0.331. The topological polar surface area (TPSA) is 27.0 Å². The molecule has 0 unspecified atom stereocenters. The van der Waals surface area contributed by atoms with Crippen molar-refractivity contribution in [3.05, 3.63) is 29.6 Å². The number of halogens is 1. The fraction of sp³-hybridized carbons (Fsp3) is 0.500. The van der Waals surface area contributed by atoms with Gasteiger partial charge in [0.05, 0.1) is 11.6 Å². The van der Waals surface area contributed by atoms with Crippen molar-refractivity contribution in [3.8, 4) is 6.07 Å². The van der Waals surface area contributed by atoms with Gasteiger partial charge in [-0.15, -0.1) is 0 Å². The van der Waals surface area contributed by atoms with Gasteiger partial charge in [-0.05, 0) is 36.5 Å². The summed E-state index contributed by atoms with van der Waals surface area (Å²) in [6.07, 6.45) is 2.31. The van der Waals surface area contributed by atoms with Crippen LogP contribution in [-0.4, -0.2) is 13.1 Å². The third kappa shape index (κ3) is 2.76. The van der Waals surface area contributed by atoms with E-state index >= 15 is 0 Å². The van der Waals surface area contributed by atoms with E-state index in [2.05, 4.69) is 18.7 Å². The van der Waals surface area contributed by atoms with E-state index in [0.29, 0.717) is 5.56 Å². The van der Waals surface area contributed by atoms with Crippen molar-refractivity contribution < 1.29 is 4.39 Å². The van der Waals surface area contributed by atoms with E-state index in [0.717, 1.165) is 25.2 Å². The second-order valence-electron chi connectivity index (χ2n) is 5.50. The van der Waals surface area contributed by atoms with Crippen LogP contribution in [0.4, 0.5) is 10.1 Å². The SMILES string of the molecule is CC1(C)CCCN(c2cc(F)cc(C#N)c2)C1. The lowest BCUT2D eigenvalue weighted by Crippen LogP contribution is -2.40. The molecule has 0 aromatic heterocycles. The van der Waals surface area contributed by atoms with Gasteiger partial charge >= 0.3 is 0 Å². The van der Waals surface area contributed by atoms with E-state index < -0.39 is 0 Å². The van der Waals surface area contributed by atoms with Gasteiger partial charge in [-0.1, -0.05) is 13.8 Å².